The van der Waals surface area contributed by atoms with Gasteiger partial charge in [0.05, 0.1) is 36.1 Å². The molecule has 0 unspecified atom stereocenters. The summed E-state index contributed by atoms with van der Waals surface area (Å²) >= 11 is 5.86. The second kappa shape index (κ2) is 8.58. The number of carbonyl (C=O) groups is 2. The predicted octanol–water partition coefficient (Wildman–Crippen LogP) is 5.06. The van der Waals surface area contributed by atoms with Crippen LogP contribution in [0.2, 0.25) is 5.02 Å². The average molecular weight is 475 g/mol. The zero-order chi connectivity index (χ0) is 23.8. The van der Waals surface area contributed by atoms with Crippen LogP contribution >= 0.6 is 11.6 Å². The van der Waals surface area contributed by atoms with Crippen molar-refractivity contribution in [1.29, 1.82) is 0 Å². The first-order valence-electron chi connectivity index (χ1n) is 8.63. The van der Waals surface area contributed by atoms with Crippen LogP contribution in [-0.4, -0.2) is 35.9 Å². The van der Waals surface area contributed by atoms with Gasteiger partial charge in [-0.25, -0.2) is 23.1 Å². The van der Waals surface area contributed by atoms with Gasteiger partial charge < -0.3 is 9.47 Å². The summed E-state index contributed by atoms with van der Waals surface area (Å²) in [5.41, 5.74) is -4.62. The number of nitrogens with zero attached hydrogens (tertiary/aromatic N) is 2. The number of rotatable bonds is 4. The molecule has 0 aliphatic carbocycles. The minimum absolute atomic E-state index is 0.162. The normalized spacial score (nSPS) is 11.4. The van der Waals surface area contributed by atoms with Crippen LogP contribution in [0.1, 0.15) is 26.4 Å². The summed E-state index contributed by atoms with van der Waals surface area (Å²) in [6.45, 7) is 0. The lowest BCUT2D eigenvalue weighted by molar-refractivity contribution is -0.140. The molecule has 0 saturated heterocycles. The first kappa shape index (κ1) is 23.2. The van der Waals surface area contributed by atoms with Gasteiger partial charge in [-0.2, -0.15) is 18.3 Å². The third-order valence-electron chi connectivity index (χ3n) is 4.36. The summed E-state index contributed by atoms with van der Waals surface area (Å²) in [7, 11) is 1.94. The van der Waals surface area contributed by atoms with E-state index in [0.717, 1.165) is 18.9 Å². The highest BCUT2D eigenvalue weighted by atomic mass is 35.5. The van der Waals surface area contributed by atoms with Gasteiger partial charge in [0.25, 0.3) is 0 Å². The maximum atomic E-state index is 14.8. The van der Waals surface area contributed by atoms with Gasteiger partial charge in [0.1, 0.15) is 11.3 Å². The average Bonchev–Trinajstić information content (AvgIpc) is 3.15. The lowest BCUT2D eigenvalue weighted by atomic mass is 10.0. The number of carbonyl (C=O) groups excluding carboxylic acids is 2. The fourth-order valence-corrected chi connectivity index (χ4v) is 3.23. The number of para-hydroxylation sites is 1. The van der Waals surface area contributed by atoms with Gasteiger partial charge in [-0.05, 0) is 18.2 Å². The summed E-state index contributed by atoms with van der Waals surface area (Å²) in [5, 5.41) is 3.09. The zero-order valence-corrected chi connectivity index (χ0v) is 17.0. The molecule has 1 aromatic heterocycles. The topological polar surface area (TPSA) is 70.4 Å². The fraction of sp³-hybridized carbons (Fsp3) is 0.150. The smallest absolute Gasteiger partial charge is 0.419 e. The fourth-order valence-electron chi connectivity index (χ4n) is 2.95. The van der Waals surface area contributed by atoms with E-state index >= 15 is 0 Å². The van der Waals surface area contributed by atoms with Gasteiger partial charge in [0.15, 0.2) is 17.3 Å². The molecule has 0 spiro atoms. The Hall–Kier alpha value is -3.47. The van der Waals surface area contributed by atoms with E-state index in [-0.39, 0.29) is 11.8 Å². The van der Waals surface area contributed by atoms with E-state index in [1.165, 1.54) is 12.1 Å². The Labute approximate surface area is 182 Å². The molecule has 0 N–H and O–H groups in total. The van der Waals surface area contributed by atoms with Crippen molar-refractivity contribution in [3.05, 3.63) is 69.9 Å². The summed E-state index contributed by atoms with van der Waals surface area (Å²) in [4.78, 5) is 25.0. The van der Waals surface area contributed by atoms with Crippen molar-refractivity contribution in [2.45, 2.75) is 6.18 Å². The number of ether oxygens (including phenoxy) is 2. The third-order valence-corrected chi connectivity index (χ3v) is 4.65. The molecular weight excluding hydrogens is 463 g/mol. The Kier molecular flexibility index (Phi) is 6.22. The highest BCUT2D eigenvalue weighted by Crippen LogP contribution is 2.41. The molecule has 1 heterocycles. The van der Waals surface area contributed by atoms with Gasteiger partial charge in [-0.3, -0.25) is 0 Å². The van der Waals surface area contributed by atoms with Crippen molar-refractivity contribution in [2.75, 3.05) is 14.2 Å². The standard InChI is InChI=1S/C20H12ClF5N2O4/c1-31-18(29)13-16(12-11(21)8-10(20(24,25)26)14(22)15(12)23)27-28(17(13)19(30)32-2)9-6-4-3-5-7-9/h3-8H,1-2H3. The minimum atomic E-state index is -5.24. The second-order valence-electron chi connectivity index (χ2n) is 6.21. The lowest BCUT2D eigenvalue weighted by Crippen LogP contribution is -2.15. The summed E-state index contributed by atoms with van der Waals surface area (Å²) in [6, 6.07) is 7.84. The molecule has 3 rings (SSSR count). The van der Waals surface area contributed by atoms with Crippen LogP contribution in [0.5, 0.6) is 0 Å². The predicted molar refractivity (Wildman–Crippen MR) is 102 cm³/mol. The van der Waals surface area contributed by atoms with E-state index in [2.05, 4.69) is 14.6 Å². The third kappa shape index (κ3) is 3.91. The van der Waals surface area contributed by atoms with Gasteiger partial charge >= 0.3 is 18.1 Å². The van der Waals surface area contributed by atoms with Crippen molar-refractivity contribution in [2.24, 2.45) is 0 Å². The number of alkyl halides is 3. The Balaban J connectivity index is 2.45. The monoisotopic (exact) mass is 474 g/mol. The van der Waals surface area contributed by atoms with E-state index in [0.29, 0.717) is 0 Å². The Morgan fingerprint density at radius 2 is 1.59 bits per heavy atom. The molecule has 6 nitrogen and oxygen atoms in total. The molecule has 0 aliphatic heterocycles. The van der Waals surface area contributed by atoms with Crippen LogP contribution in [0, 0.1) is 11.6 Å². The quantitative estimate of drug-likeness (QED) is 0.300. The van der Waals surface area contributed by atoms with Gasteiger partial charge in [0.2, 0.25) is 0 Å². The number of hydrogen-bond donors (Lipinski definition) is 0. The van der Waals surface area contributed by atoms with Crippen LogP contribution in [0.15, 0.2) is 36.4 Å². The minimum Gasteiger partial charge on any atom is -0.465 e. The number of aromatic nitrogens is 2. The maximum Gasteiger partial charge on any atom is 0.419 e. The molecule has 12 heteroatoms. The molecular formula is C20H12ClF5N2O4. The van der Waals surface area contributed by atoms with Crippen LogP contribution in [-0.2, 0) is 15.7 Å². The Morgan fingerprint density at radius 3 is 2.12 bits per heavy atom. The number of methoxy groups -OCH3 is 2. The van der Waals surface area contributed by atoms with Crippen LogP contribution < -0.4 is 0 Å². The number of benzene rings is 2. The van der Waals surface area contributed by atoms with E-state index in [9.17, 15) is 31.5 Å². The lowest BCUT2D eigenvalue weighted by Gasteiger charge is -2.12. The van der Waals surface area contributed by atoms with E-state index < -0.39 is 62.9 Å². The molecule has 32 heavy (non-hydrogen) atoms. The number of hydrogen-bond acceptors (Lipinski definition) is 5. The van der Waals surface area contributed by atoms with Crippen molar-refractivity contribution in [3.8, 4) is 16.9 Å². The number of halogens is 6. The largest absolute Gasteiger partial charge is 0.465 e. The van der Waals surface area contributed by atoms with Crippen molar-refractivity contribution in [1.82, 2.24) is 9.78 Å². The highest BCUT2D eigenvalue weighted by Gasteiger charge is 2.39. The Morgan fingerprint density at radius 1 is 1.00 bits per heavy atom. The number of esters is 2. The first-order chi connectivity index (χ1) is 15.0. The molecule has 168 valence electrons. The van der Waals surface area contributed by atoms with E-state index in [4.69, 9.17) is 11.6 Å². The highest BCUT2D eigenvalue weighted by molar-refractivity contribution is 6.33. The van der Waals surface area contributed by atoms with E-state index in [1.54, 1.807) is 18.2 Å². The molecule has 3 aromatic rings. The van der Waals surface area contributed by atoms with Crippen LogP contribution in [0.25, 0.3) is 16.9 Å². The summed E-state index contributed by atoms with van der Waals surface area (Å²) < 4.78 is 78.4. The molecule has 0 bridgehead atoms. The van der Waals surface area contributed by atoms with Crippen molar-refractivity contribution >= 4 is 23.5 Å². The van der Waals surface area contributed by atoms with Crippen LogP contribution in [0.4, 0.5) is 22.0 Å². The zero-order valence-electron chi connectivity index (χ0n) is 16.3. The van der Waals surface area contributed by atoms with Crippen LogP contribution in [0.3, 0.4) is 0 Å². The first-order valence-corrected chi connectivity index (χ1v) is 9.00. The van der Waals surface area contributed by atoms with Gasteiger partial charge in [-0.1, -0.05) is 29.8 Å². The van der Waals surface area contributed by atoms with Crippen molar-refractivity contribution in [3.63, 3.8) is 0 Å². The molecule has 0 atom stereocenters. The second-order valence-corrected chi connectivity index (χ2v) is 6.62. The van der Waals surface area contributed by atoms with Crippen molar-refractivity contribution < 1.29 is 41.0 Å². The molecule has 0 radical (unpaired) electrons. The maximum absolute atomic E-state index is 14.8. The molecule has 0 fully saturated rings. The summed E-state index contributed by atoms with van der Waals surface area (Å²) in [6.07, 6.45) is -5.24. The van der Waals surface area contributed by atoms with E-state index in [1.807, 2.05) is 0 Å². The molecule has 0 saturated carbocycles. The van der Waals surface area contributed by atoms with Gasteiger partial charge in [-0.15, -0.1) is 0 Å². The molecule has 2 aromatic carbocycles. The van der Waals surface area contributed by atoms with Gasteiger partial charge in [0, 0.05) is 0 Å². The Bertz CT molecular complexity index is 1210. The molecule has 0 amide bonds. The summed E-state index contributed by atoms with van der Waals surface area (Å²) in [5.74, 6) is -6.57. The SMILES string of the molecule is COC(=O)c1c(-c2c(Cl)cc(C(F)(F)F)c(F)c2F)nn(-c2ccccc2)c1C(=O)OC. The molecule has 0 aliphatic rings.